The van der Waals surface area contributed by atoms with E-state index in [1.165, 1.54) is 12.1 Å². The van der Waals surface area contributed by atoms with Gasteiger partial charge in [0, 0.05) is 37.1 Å². The molecular formula is C24H26ClFN2O3. The lowest BCUT2D eigenvalue weighted by Crippen LogP contribution is -2.56. The number of hydrogen-bond acceptors (Lipinski definition) is 3. The van der Waals surface area contributed by atoms with E-state index in [9.17, 15) is 14.0 Å². The van der Waals surface area contributed by atoms with Crippen molar-refractivity contribution in [3.63, 3.8) is 0 Å². The fourth-order valence-corrected chi connectivity index (χ4v) is 4.26. The summed E-state index contributed by atoms with van der Waals surface area (Å²) in [6.07, 6.45) is 0.797. The third-order valence-corrected chi connectivity index (χ3v) is 6.24. The van der Waals surface area contributed by atoms with Crippen molar-refractivity contribution in [2.75, 3.05) is 26.2 Å². The van der Waals surface area contributed by atoms with Gasteiger partial charge in [-0.15, -0.1) is 0 Å². The maximum Gasteiger partial charge on any atom is 0.266 e. The molecule has 1 saturated heterocycles. The van der Waals surface area contributed by atoms with Crippen molar-refractivity contribution in [2.45, 2.75) is 31.8 Å². The first kappa shape index (κ1) is 21.6. The molecule has 2 aliphatic rings. The molecule has 0 spiro atoms. The first-order valence-corrected chi connectivity index (χ1v) is 10.9. The van der Waals surface area contributed by atoms with Gasteiger partial charge in [-0.25, -0.2) is 4.39 Å². The van der Waals surface area contributed by atoms with Crippen LogP contribution in [-0.2, 0) is 9.59 Å². The van der Waals surface area contributed by atoms with Crippen LogP contribution in [0.4, 0.5) is 4.39 Å². The number of rotatable bonds is 5. The highest BCUT2D eigenvalue weighted by atomic mass is 35.5. The van der Waals surface area contributed by atoms with Crippen molar-refractivity contribution in [3.05, 3.63) is 64.9 Å². The van der Waals surface area contributed by atoms with E-state index in [-0.39, 0.29) is 29.5 Å². The second kappa shape index (κ2) is 8.50. The Morgan fingerprint density at radius 3 is 2.16 bits per heavy atom. The van der Waals surface area contributed by atoms with Gasteiger partial charge >= 0.3 is 0 Å². The number of nitrogens with zero attached hydrogens (tertiary/aromatic N) is 2. The number of hydrogen-bond donors (Lipinski definition) is 0. The van der Waals surface area contributed by atoms with Gasteiger partial charge in [-0.3, -0.25) is 9.59 Å². The third kappa shape index (κ3) is 4.85. The van der Waals surface area contributed by atoms with Gasteiger partial charge in [-0.05, 0) is 68.1 Å². The minimum absolute atomic E-state index is 0.0441. The summed E-state index contributed by atoms with van der Waals surface area (Å²) in [7, 11) is 0. The topological polar surface area (TPSA) is 49.9 Å². The van der Waals surface area contributed by atoms with Crippen molar-refractivity contribution in [1.82, 2.24) is 9.80 Å². The van der Waals surface area contributed by atoms with E-state index in [0.717, 1.165) is 12.0 Å². The molecule has 0 bridgehead atoms. The normalized spacial score (nSPS) is 21.0. The number of carbonyl (C=O) groups excluding carboxylic acids is 2. The van der Waals surface area contributed by atoms with Crippen LogP contribution in [-0.4, -0.2) is 53.4 Å². The highest BCUT2D eigenvalue weighted by Crippen LogP contribution is 2.48. The van der Waals surface area contributed by atoms with Gasteiger partial charge in [0.2, 0.25) is 5.91 Å². The first-order chi connectivity index (χ1) is 14.7. The van der Waals surface area contributed by atoms with E-state index >= 15 is 0 Å². The van der Waals surface area contributed by atoms with E-state index in [1.807, 2.05) is 4.90 Å². The fourth-order valence-electron chi connectivity index (χ4n) is 4.13. The average Bonchev–Trinajstić information content (AvgIpc) is 3.56. The van der Waals surface area contributed by atoms with Crippen molar-refractivity contribution >= 4 is 23.4 Å². The molecule has 1 saturated carbocycles. The summed E-state index contributed by atoms with van der Waals surface area (Å²) in [5.41, 5.74) is -0.0147. The van der Waals surface area contributed by atoms with Gasteiger partial charge in [0.1, 0.15) is 11.6 Å². The average molecular weight is 445 g/mol. The zero-order valence-electron chi connectivity index (χ0n) is 17.7. The Balaban J connectivity index is 1.30. The molecule has 0 N–H and O–H groups in total. The van der Waals surface area contributed by atoms with Crippen molar-refractivity contribution in [3.8, 4) is 5.75 Å². The summed E-state index contributed by atoms with van der Waals surface area (Å²) in [5, 5.41) is 0.606. The predicted octanol–water partition coefficient (Wildman–Crippen LogP) is 4.11. The van der Waals surface area contributed by atoms with E-state index in [2.05, 4.69) is 0 Å². The zero-order valence-corrected chi connectivity index (χ0v) is 18.4. The van der Waals surface area contributed by atoms with E-state index in [1.54, 1.807) is 55.1 Å². The minimum atomic E-state index is -1.02. The van der Waals surface area contributed by atoms with Crippen LogP contribution in [0.2, 0.25) is 5.02 Å². The fraction of sp³-hybridized carbons (Fsp3) is 0.417. The van der Waals surface area contributed by atoms with Gasteiger partial charge in [0.25, 0.3) is 5.91 Å². The molecule has 2 atom stereocenters. The first-order valence-electron chi connectivity index (χ1n) is 10.5. The molecule has 4 rings (SSSR count). The van der Waals surface area contributed by atoms with Crippen LogP contribution in [0.5, 0.6) is 5.75 Å². The van der Waals surface area contributed by atoms with Crippen molar-refractivity contribution in [2.24, 2.45) is 5.92 Å². The molecule has 2 amide bonds. The summed E-state index contributed by atoms with van der Waals surface area (Å²) < 4.78 is 19.0. The molecule has 2 aromatic rings. The molecule has 1 aliphatic carbocycles. The maximum atomic E-state index is 13.1. The molecule has 7 heteroatoms. The maximum absolute atomic E-state index is 13.1. The highest BCUT2D eigenvalue weighted by Gasteiger charge is 2.46. The van der Waals surface area contributed by atoms with Crippen LogP contribution >= 0.6 is 11.6 Å². The summed E-state index contributed by atoms with van der Waals surface area (Å²) >= 11 is 5.91. The second-order valence-corrected chi connectivity index (χ2v) is 9.12. The molecule has 0 radical (unpaired) electrons. The molecule has 164 valence electrons. The Morgan fingerprint density at radius 1 is 0.968 bits per heavy atom. The molecule has 5 nitrogen and oxygen atoms in total. The standard InChI is InChI=1S/C24H26ClFN2O3/c1-24(2,31-19-9-5-17(25)6-10-19)23(30)28-13-11-27(12-14-28)22(29)21-15-20(21)16-3-7-18(26)8-4-16/h3-10,20-21H,11-15H2,1-2H3. The van der Waals surface area contributed by atoms with Crippen LogP contribution in [0.1, 0.15) is 31.7 Å². The molecule has 31 heavy (non-hydrogen) atoms. The Morgan fingerprint density at radius 2 is 1.55 bits per heavy atom. The van der Waals surface area contributed by atoms with E-state index < -0.39 is 5.60 Å². The Bertz CT molecular complexity index is 954. The number of piperazine rings is 1. The monoisotopic (exact) mass is 444 g/mol. The summed E-state index contributed by atoms with van der Waals surface area (Å²) in [5.74, 6) is 0.452. The molecule has 2 fully saturated rings. The quantitative estimate of drug-likeness (QED) is 0.697. The van der Waals surface area contributed by atoms with Crippen LogP contribution in [0.25, 0.3) is 0 Å². The van der Waals surface area contributed by atoms with Gasteiger partial charge in [0.05, 0.1) is 0 Å². The largest absolute Gasteiger partial charge is 0.478 e. The Labute approximate surface area is 186 Å². The lowest BCUT2D eigenvalue weighted by atomic mass is 10.1. The van der Waals surface area contributed by atoms with Gasteiger partial charge in [0.15, 0.2) is 5.60 Å². The smallest absolute Gasteiger partial charge is 0.266 e. The molecular weight excluding hydrogens is 419 g/mol. The van der Waals surface area contributed by atoms with Crippen molar-refractivity contribution < 1.29 is 18.7 Å². The van der Waals surface area contributed by atoms with Crippen LogP contribution in [0, 0.1) is 11.7 Å². The predicted molar refractivity (Wildman–Crippen MR) is 117 cm³/mol. The Hall–Kier alpha value is -2.60. The van der Waals surface area contributed by atoms with E-state index in [0.29, 0.717) is 37.0 Å². The number of amides is 2. The molecule has 2 unspecified atom stereocenters. The lowest BCUT2D eigenvalue weighted by Gasteiger charge is -2.38. The summed E-state index contributed by atoms with van der Waals surface area (Å²) in [6.45, 7) is 5.47. The number of halogens is 2. The zero-order chi connectivity index (χ0) is 22.2. The SMILES string of the molecule is CC(C)(Oc1ccc(Cl)cc1)C(=O)N1CCN(C(=O)C2CC2c2ccc(F)cc2)CC1. The Kier molecular flexibility index (Phi) is 5.93. The highest BCUT2D eigenvalue weighted by molar-refractivity contribution is 6.30. The minimum Gasteiger partial charge on any atom is -0.478 e. The second-order valence-electron chi connectivity index (χ2n) is 8.68. The summed E-state index contributed by atoms with van der Waals surface area (Å²) in [6, 6.07) is 13.3. The number of benzene rings is 2. The van der Waals surface area contributed by atoms with Crippen LogP contribution in [0.3, 0.4) is 0 Å². The van der Waals surface area contributed by atoms with Crippen LogP contribution < -0.4 is 4.74 Å². The van der Waals surface area contributed by atoms with Gasteiger partial charge in [-0.1, -0.05) is 23.7 Å². The lowest BCUT2D eigenvalue weighted by molar-refractivity contribution is -0.150. The molecule has 1 heterocycles. The summed E-state index contributed by atoms with van der Waals surface area (Å²) in [4.78, 5) is 29.5. The van der Waals surface area contributed by atoms with Crippen molar-refractivity contribution in [1.29, 1.82) is 0 Å². The molecule has 0 aromatic heterocycles. The van der Waals surface area contributed by atoms with E-state index in [4.69, 9.17) is 16.3 Å². The molecule has 2 aromatic carbocycles. The van der Waals surface area contributed by atoms with Crippen LogP contribution in [0.15, 0.2) is 48.5 Å². The number of ether oxygens (including phenoxy) is 1. The number of carbonyl (C=O) groups is 2. The van der Waals surface area contributed by atoms with Gasteiger partial charge in [-0.2, -0.15) is 0 Å². The van der Waals surface area contributed by atoms with Gasteiger partial charge < -0.3 is 14.5 Å². The molecule has 1 aliphatic heterocycles. The third-order valence-electron chi connectivity index (χ3n) is 5.99.